The van der Waals surface area contributed by atoms with E-state index in [1.54, 1.807) is 18.2 Å². The Hall–Kier alpha value is -2.82. The molecule has 2 N–H and O–H groups in total. The van der Waals surface area contributed by atoms with Gasteiger partial charge in [0, 0.05) is 44.2 Å². The second-order valence-corrected chi connectivity index (χ2v) is 11.0. The highest BCUT2D eigenvalue weighted by atomic mass is 35.5. The van der Waals surface area contributed by atoms with E-state index in [4.69, 9.17) is 11.6 Å². The van der Waals surface area contributed by atoms with Crippen LogP contribution in [0.5, 0.6) is 0 Å². The number of rotatable bonds is 7. The first-order valence-electron chi connectivity index (χ1n) is 11.6. The van der Waals surface area contributed by atoms with Gasteiger partial charge in [0.2, 0.25) is 15.9 Å². The number of amides is 3. The zero-order valence-electron chi connectivity index (χ0n) is 19.6. The predicted octanol–water partition coefficient (Wildman–Crippen LogP) is 2.42. The molecule has 4 rings (SSSR count). The van der Waals surface area contributed by atoms with Crippen molar-refractivity contribution in [2.24, 2.45) is 0 Å². The lowest BCUT2D eigenvalue weighted by atomic mass is 10.1. The summed E-state index contributed by atoms with van der Waals surface area (Å²) in [4.78, 5) is 29.5. The molecule has 2 heterocycles. The Morgan fingerprint density at radius 1 is 1.09 bits per heavy atom. The summed E-state index contributed by atoms with van der Waals surface area (Å²) in [6.07, 6.45) is 2.60. The molecule has 2 aromatic carbocycles. The summed E-state index contributed by atoms with van der Waals surface area (Å²) in [6, 6.07) is 13.8. The second-order valence-electron chi connectivity index (χ2n) is 8.76. The number of carbonyl (C=O) groups excluding carboxylic acids is 2. The van der Waals surface area contributed by atoms with Crippen LogP contribution in [0.2, 0.25) is 5.02 Å². The number of piperazine rings is 1. The van der Waals surface area contributed by atoms with Gasteiger partial charge in [-0.25, -0.2) is 13.2 Å². The molecule has 9 nitrogen and oxygen atoms in total. The number of benzene rings is 2. The van der Waals surface area contributed by atoms with Gasteiger partial charge in [0.05, 0.1) is 23.8 Å². The number of urea groups is 1. The van der Waals surface area contributed by atoms with Gasteiger partial charge < -0.3 is 15.1 Å². The van der Waals surface area contributed by atoms with Crippen LogP contribution in [0.1, 0.15) is 18.4 Å². The van der Waals surface area contributed by atoms with Crippen molar-refractivity contribution in [3.8, 4) is 0 Å². The highest BCUT2D eigenvalue weighted by molar-refractivity contribution is 7.92. The minimum Gasteiger partial charge on any atom is -0.366 e. The number of carbonyl (C=O) groups is 2. The molecule has 35 heavy (non-hydrogen) atoms. The topological polar surface area (TPSA) is 102 Å². The van der Waals surface area contributed by atoms with Gasteiger partial charge in [-0.3, -0.25) is 10.1 Å². The zero-order chi connectivity index (χ0) is 25.0. The normalized spacial score (nSPS) is 18.1. The second kappa shape index (κ2) is 10.8. The van der Waals surface area contributed by atoms with Crippen molar-refractivity contribution >= 4 is 44.9 Å². The fraction of sp³-hybridized carbons (Fsp3) is 0.417. The van der Waals surface area contributed by atoms with E-state index >= 15 is 0 Å². The van der Waals surface area contributed by atoms with E-state index in [9.17, 15) is 18.0 Å². The van der Waals surface area contributed by atoms with Gasteiger partial charge in [-0.05, 0) is 42.7 Å². The zero-order valence-corrected chi connectivity index (χ0v) is 21.2. The Labute approximate surface area is 211 Å². The number of hydrogen-bond acceptors (Lipinski definition) is 6. The van der Waals surface area contributed by atoms with Gasteiger partial charge in [-0.2, -0.15) is 4.31 Å². The Balaban J connectivity index is 1.41. The van der Waals surface area contributed by atoms with Crippen LogP contribution < -0.4 is 19.8 Å². The van der Waals surface area contributed by atoms with E-state index in [2.05, 4.69) is 10.6 Å². The van der Waals surface area contributed by atoms with Crippen LogP contribution in [-0.2, 0) is 21.2 Å². The third kappa shape index (κ3) is 6.25. The lowest BCUT2D eigenvalue weighted by Crippen LogP contribution is -2.58. The SMILES string of the molecule is CS(=O)(=O)N(C(=O)N[C@@H]1CCN1)c1ccccc1N1CCN(C(=O)CCc2ccc(Cl)cc2)CC1. The molecule has 3 amide bonds. The smallest absolute Gasteiger partial charge is 0.337 e. The maximum Gasteiger partial charge on any atom is 0.337 e. The Morgan fingerprint density at radius 3 is 2.34 bits per heavy atom. The molecule has 2 aromatic rings. The third-order valence-corrected chi connectivity index (χ3v) is 7.53. The lowest BCUT2D eigenvalue weighted by molar-refractivity contribution is -0.131. The summed E-state index contributed by atoms with van der Waals surface area (Å²) in [7, 11) is -3.87. The molecule has 0 bridgehead atoms. The number of aryl methyl sites for hydroxylation is 1. The van der Waals surface area contributed by atoms with E-state index in [0.717, 1.165) is 29.1 Å². The molecule has 0 radical (unpaired) electrons. The van der Waals surface area contributed by atoms with Crippen LogP contribution in [0.3, 0.4) is 0 Å². The van der Waals surface area contributed by atoms with Crippen LogP contribution in [0.25, 0.3) is 0 Å². The minimum absolute atomic E-state index is 0.0815. The maximum absolute atomic E-state index is 12.9. The van der Waals surface area contributed by atoms with Crippen LogP contribution in [-0.4, -0.2) is 70.4 Å². The number of nitrogens with zero attached hydrogens (tertiary/aromatic N) is 3. The Kier molecular flexibility index (Phi) is 7.83. The molecule has 0 saturated carbocycles. The van der Waals surface area contributed by atoms with Gasteiger partial charge in [-0.1, -0.05) is 35.9 Å². The van der Waals surface area contributed by atoms with Gasteiger partial charge in [-0.15, -0.1) is 0 Å². The molecular weight excluding hydrogens is 490 g/mol. The molecule has 0 aromatic heterocycles. The van der Waals surface area contributed by atoms with Crippen LogP contribution >= 0.6 is 11.6 Å². The number of hydrogen-bond donors (Lipinski definition) is 2. The average Bonchev–Trinajstić information content (AvgIpc) is 2.80. The third-order valence-electron chi connectivity index (χ3n) is 6.25. The van der Waals surface area contributed by atoms with E-state index in [1.807, 2.05) is 40.1 Å². The molecule has 0 spiro atoms. The van der Waals surface area contributed by atoms with Gasteiger partial charge in [0.25, 0.3) is 0 Å². The molecule has 188 valence electrons. The Morgan fingerprint density at radius 2 is 1.74 bits per heavy atom. The molecule has 2 fully saturated rings. The summed E-state index contributed by atoms with van der Waals surface area (Å²) < 4.78 is 26.0. The van der Waals surface area contributed by atoms with Crippen molar-refractivity contribution in [3.05, 3.63) is 59.1 Å². The Bertz CT molecular complexity index is 1160. The minimum atomic E-state index is -3.87. The summed E-state index contributed by atoms with van der Waals surface area (Å²) in [5.41, 5.74) is 2.00. The van der Waals surface area contributed by atoms with Crippen molar-refractivity contribution in [1.82, 2.24) is 15.5 Å². The largest absolute Gasteiger partial charge is 0.366 e. The molecule has 1 atom stereocenters. The molecule has 2 saturated heterocycles. The highest BCUT2D eigenvalue weighted by Gasteiger charge is 2.32. The van der Waals surface area contributed by atoms with Crippen molar-refractivity contribution in [3.63, 3.8) is 0 Å². The summed E-state index contributed by atoms with van der Waals surface area (Å²) >= 11 is 5.92. The summed E-state index contributed by atoms with van der Waals surface area (Å²) in [5.74, 6) is 0.0815. The first-order chi connectivity index (χ1) is 16.7. The maximum atomic E-state index is 12.9. The van der Waals surface area contributed by atoms with Gasteiger partial charge >= 0.3 is 6.03 Å². The first-order valence-corrected chi connectivity index (χ1v) is 13.9. The van der Waals surface area contributed by atoms with Crippen molar-refractivity contribution in [2.45, 2.75) is 25.4 Å². The van der Waals surface area contributed by atoms with Crippen LogP contribution in [0, 0.1) is 0 Å². The van der Waals surface area contributed by atoms with Gasteiger partial charge in [0.15, 0.2) is 0 Å². The number of halogens is 1. The fourth-order valence-electron chi connectivity index (χ4n) is 4.22. The quantitative estimate of drug-likeness (QED) is 0.582. The number of anilines is 2. The van der Waals surface area contributed by atoms with E-state index in [1.165, 1.54) is 0 Å². The monoisotopic (exact) mass is 519 g/mol. The number of sulfonamides is 1. The summed E-state index contributed by atoms with van der Waals surface area (Å²) in [6.45, 7) is 2.89. The van der Waals surface area contributed by atoms with Crippen molar-refractivity contribution < 1.29 is 18.0 Å². The molecule has 0 unspecified atom stereocenters. The fourth-order valence-corrected chi connectivity index (χ4v) is 5.21. The van der Waals surface area contributed by atoms with E-state index < -0.39 is 16.1 Å². The van der Waals surface area contributed by atoms with Crippen LogP contribution in [0.4, 0.5) is 16.2 Å². The molecule has 2 aliphatic rings. The lowest BCUT2D eigenvalue weighted by Gasteiger charge is -2.38. The van der Waals surface area contributed by atoms with Gasteiger partial charge in [0.1, 0.15) is 0 Å². The summed E-state index contributed by atoms with van der Waals surface area (Å²) in [5, 5.41) is 6.44. The molecule has 11 heteroatoms. The molecular formula is C24H30ClN5O4S. The molecule has 0 aliphatic carbocycles. The highest BCUT2D eigenvalue weighted by Crippen LogP contribution is 2.32. The number of para-hydroxylation sites is 2. The van der Waals surface area contributed by atoms with Crippen molar-refractivity contribution in [2.75, 3.05) is 48.2 Å². The molecule has 2 aliphatic heterocycles. The van der Waals surface area contributed by atoms with Crippen LogP contribution in [0.15, 0.2) is 48.5 Å². The predicted molar refractivity (Wildman–Crippen MR) is 137 cm³/mol. The average molecular weight is 520 g/mol. The van der Waals surface area contributed by atoms with Crippen molar-refractivity contribution in [1.29, 1.82) is 0 Å². The number of nitrogens with one attached hydrogen (secondary N) is 2. The standard InChI is InChI=1S/C24H30ClN5O4S/c1-35(33,34)30(24(32)27-22-12-13-26-22)21-5-3-2-4-20(21)28-14-16-29(17-15-28)23(31)11-8-18-6-9-19(25)10-7-18/h2-7,9-10,22,26H,8,11-17H2,1H3,(H,27,32)/t22-/m1/s1. The first kappa shape index (κ1) is 25.3. The van der Waals surface area contributed by atoms with E-state index in [-0.39, 0.29) is 12.1 Å². The van der Waals surface area contributed by atoms with E-state index in [0.29, 0.717) is 55.4 Å².